The summed E-state index contributed by atoms with van der Waals surface area (Å²) in [4.78, 5) is 9.26. The molecule has 13 aromatic carbocycles. The van der Waals surface area contributed by atoms with E-state index < -0.39 is 0 Å². The first-order chi connectivity index (χ1) is 39.7. The van der Waals surface area contributed by atoms with Crippen LogP contribution in [-0.2, 0) is 0 Å². The van der Waals surface area contributed by atoms with Gasteiger partial charge >= 0.3 is 0 Å². The first-order valence-corrected chi connectivity index (χ1v) is 27.2. The van der Waals surface area contributed by atoms with Crippen molar-refractivity contribution < 1.29 is 0 Å². The van der Waals surface area contributed by atoms with Crippen molar-refractivity contribution in [3.05, 3.63) is 340 Å². The molecule has 13 aromatic rings. The first kappa shape index (κ1) is 48.9. The molecule has 380 valence electrons. The fraction of sp³-hybridized carbons (Fsp3) is 0. The van der Waals surface area contributed by atoms with Gasteiger partial charge in [0.25, 0.3) is 0 Å². The van der Waals surface area contributed by atoms with Crippen LogP contribution in [-0.4, -0.2) is 0 Å². The summed E-state index contributed by atoms with van der Waals surface area (Å²) in [5.41, 5.74) is 20.2. The molecule has 80 heavy (non-hydrogen) atoms. The van der Waals surface area contributed by atoms with Gasteiger partial charge in [-0.2, -0.15) is 0 Å². The van der Waals surface area contributed by atoms with Gasteiger partial charge in [0.2, 0.25) is 0 Å². The standard InChI is InChI=1S/C76H56N4/c1-6-20-65(21-7-1)77(66-22-8-2-9-23-66)70-43-30-58(31-44-70)59-32-45-71(46-33-59)78(67-24-10-3-11-25-67)72-47-34-60(35-48-72)61-36-49-73(50-37-61)79(68-26-12-4-13-27-68)74-51-38-62(39-52-74)63-40-53-75(54-41-63)80(69-28-14-5-15-29-69)76-55-42-57-18-16-17-19-64(57)56-76/h1-56H. The highest BCUT2D eigenvalue weighted by Crippen LogP contribution is 2.42. The highest BCUT2D eigenvalue weighted by atomic mass is 15.2. The minimum absolute atomic E-state index is 1.08. The SMILES string of the molecule is c1ccc(N(c2ccccc2)c2ccc(-c3ccc(N(c4ccccc4)c4ccc(-c5ccc(N(c6ccccc6)c6ccc(-c7ccc(N(c8ccccc8)c8ccc9ccccc9c8)cc7)cc6)cc5)cc4)cc3)cc2)cc1. The topological polar surface area (TPSA) is 13.0 Å². The zero-order chi connectivity index (χ0) is 53.5. The van der Waals surface area contributed by atoms with E-state index in [1.54, 1.807) is 0 Å². The number of para-hydroxylation sites is 5. The normalized spacial score (nSPS) is 11.0. The molecule has 0 aromatic heterocycles. The first-order valence-electron chi connectivity index (χ1n) is 27.2. The molecule has 0 saturated carbocycles. The monoisotopic (exact) mass is 1020 g/mol. The van der Waals surface area contributed by atoms with Crippen molar-refractivity contribution in [2.75, 3.05) is 19.6 Å². The van der Waals surface area contributed by atoms with Crippen molar-refractivity contribution in [3.63, 3.8) is 0 Å². The molecule has 0 aliphatic heterocycles. The van der Waals surface area contributed by atoms with Crippen LogP contribution in [0.15, 0.2) is 340 Å². The zero-order valence-electron chi connectivity index (χ0n) is 44.1. The lowest BCUT2D eigenvalue weighted by atomic mass is 10.0. The van der Waals surface area contributed by atoms with Crippen LogP contribution in [0.1, 0.15) is 0 Å². The Morgan fingerprint density at radius 3 is 0.537 bits per heavy atom. The lowest BCUT2D eigenvalue weighted by molar-refractivity contribution is 1.28. The third-order valence-electron chi connectivity index (χ3n) is 14.8. The molecule has 0 amide bonds. The summed E-state index contributed by atoms with van der Waals surface area (Å²) in [6.45, 7) is 0. The quantitative estimate of drug-likeness (QED) is 0.101. The van der Waals surface area contributed by atoms with Crippen LogP contribution >= 0.6 is 0 Å². The van der Waals surface area contributed by atoms with Gasteiger partial charge in [-0.05, 0) is 190 Å². The maximum Gasteiger partial charge on any atom is 0.0468 e. The second-order valence-electron chi connectivity index (χ2n) is 19.8. The van der Waals surface area contributed by atoms with Crippen LogP contribution < -0.4 is 19.6 Å². The zero-order valence-corrected chi connectivity index (χ0v) is 44.1. The Hall–Kier alpha value is -10.7. The number of hydrogen-bond acceptors (Lipinski definition) is 4. The Labute approximate surface area is 469 Å². The molecule has 0 atom stereocenters. The van der Waals surface area contributed by atoms with E-state index in [0.29, 0.717) is 0 Å². The number of anilines is 12. The minimum atomic E-state index is 1.08. The molecule has 0 radical (unpaired) electrons. The molecule has 0 unspecified atom stereocenters. The van der Waals surface area contributed by atoms with Crippen LogP contribution in [0.4, 0.5) is 68.2 Å². The van der Waals surface area contributed by atoms with Gasteiger partial charge in [-0.3, -0.25) is 0 Å². The lowest BCUT2D eigenvalue weighted by Crippen LogP contribution is -2.10. The van der Waals surface area contributed by atoms with Crippen LogP contribution in [0, 0.1) is 0 Å². The van der Waals surface area contributed by atoms with Gasteiger partial charge in [0, 0.05) is 68.2 Å². The Morgan fingerprint density at radius 2 is 0.300 bits per heavy atom. The molecule has 0 aliphatic rings. The lowest BCUT2D eigenvalue weighted by Gasteiger charge is -2.27. The Morgan fingerprint density at radius 1 is 0.125 bits per heavy atom. The van der Waals surface area contributed by atoms with E-state index >= 15 is 0 Å². The number of nitrogens with zero attached hydrogens (tertiary/aromatic N) is 4. The summed E-state index contributed by atoms with van der Waals surface area (Å²) in [6, 6.07) is 121. The Balaban J connectivity index is 0.732. The predicted octanol–water partition coefficient (Wildman–Crippen LogP) is 21.7. The summed E-state index contributed by atoms with van der Waals surface area (Å²) in [5.74, 6) is 0. The van der Waals surface area contributed by atoms with E-state index in [-0.39, 0.29) is 0 Å². The predicted molar refractivity (Wildman–Crippen MR) is 339 cm³/mol. The van der Waals surface area contributed by atoms with E-state index in [9.17, 15) is 0 Å². The summed E-state index contributed by atoms with van der Waals surface area (Å²) >= 11 is 0. The van der Waals surface area contributed by atoms with Crippen molar-refractivity contribution in [2.24, 2.45) is 0 Å². The van der Waals surface area contributed by atoms with Crippen molar-refractivity contribution in [2.45, 2.75) is 0 Å². The van der Waals surface area contributed by atoms with Crippen LogP contribution in [0.25, 0.3) is 44.2 Å². The van der Waals surface area contributed by atoms with Gasteiger partial charge in [-0.25, -0.2) is 0 Å². The van der Waals surface area contributed by atoms with Gasteiger partial charge in [0.05, 0.1) is 0 Å². The van der Waals surface area contributed by atoms with Gasteiger partial charge < -0.3 is 19.6 Å². The van der Waals surface area contributed by atoms with Crippen LogP contribution in [0.2, 0.25) is 0 Å². The molecule has 0 heterocycles. The van der Waals surface area contributed by atoms with Crippen molar-refractivity contribution in [1.82, 2.24) is 0 Å². The summed E-state index contributed by atoms with van der Waals surface area (Å²) in [5, 5.41) is 2.45. The molecule has 0 fully saturated rings. The maximum absolute atomic E-state index is 2.32. The Bertz CT molecular complexity index is 4060. The van der Waals surface area contributed by atoms with Crippen molar-refractivity contribution in [1.29, 1.82) is 0 Å². The highest BCUT2D eigenvalue weighted by Gasteiger charge is 2.18. The van der Waals surface area contributed by atoms with Gasteiger partial charge in [-0.15, -0.1) is 0 Å². The average molecular weight is 1030 g/mol. The maximum atomic E-state index is 2.32. The third kappa shape index (κ3) is 10.3. The minimum Gasteiger partial charge on any atom is -0.311 e. The summed E-state index contributed by atoms with van der Waals surface area (Å²) < 4.78 is 0. The van der Waals surface area contributed by atoms with Crippen LogP contribution in [0.3, 0.4) is 0 Å². The van der Waals surface area contributed by atoms with E-state index in [2.05, 4.69) is 359 Å². The van der Waals surface area contributed by atoms with Crippen molar-refractivity contribution in [3.8, 4) is 33.4 Å². The van der Waals surface area contributed by atoms with E-state index in [1.165, 1.54) is 10.8 Å². The second kappa shape index (κ2) is 22.5. The molecule has 0 saturated heterocycles. The largest absolute Gasteiger partial charge is 0.311 e. The van der Waals surface area contributed by atoms with E-state index in [4.69, 9.17) is 0 Å². The summed E-state index contributed by atoms with van der Waals surface area (Å²) in [6.07, 6.45) is 0. The van der Waals surface area contributed by atoms with Crippen LogP contribution in [0.5, 0.6) is 0 Å². The summed E-state index contributed by atoms with van der Waals surface area (Å²) in [7, 11) is 0. The molecule has 0 aliphatic carbocycles. The van der Waals surface area contributed by atoms with E-state index in [0.717, 1.165) is 102 Å². The molecule has 13 rings (SSSR count). The number of hydrogen-bond donors (Lipinski definition) is 0. The molecular formula is C76H56N4. The molecule has 4 nitrogen and oxygen atoms in total. The van der Waals surface area contributed by atoms with Gasteiger partial charge in [-0.1, -0.05) is 194 Å². The molecular weight excluding hydrogens is 969 g/mol. The average Bonchev–Trinajstić information content (AvgIpc) is 3.55. The molecule has 0 spiro atoms. The smallest absolute Gasteiger partial charge is 0.0468 e. The second-order valence-corrected chi connectivity index (χ2v) is 19.8. The number of fused-ring (bicyclic) bond motifs is 1. The number of benzene rings is 13. The number of rotatable bonds is 15. The fourth-order valence-corrected chi connectivity index (χ4v) is 10.8. The third-order valence-corrected chi connectivity index (χ3v) is 14.8. The molecule has 0 bridgehead atoms. The molecule has 4 heteroatoms. The van der Waals surface area contributed by atoms with Gasteiger partial charge in [0.1, 0.15) is 0 Å². The fourth-order valence-electron chi connectivity index (χ4n) is 10.8. The van der Waals surface area contributed by atoms with E-state index in [1.807, 2.05) is 0 Å². The van der Waals surface area contributed by atoms with Crippen molar-refractivity contribution >= 4 is 79.0 Å². The van der Waals surface area contributed by atoms with Gasteiger partial charge in [0.15, 0.2) is 0 Å². The highest BCUT2D eigenvalue weighted by molar-refractivity contribution is 5.90. The Kier molecular flexibility index (Phi) is 13.8. The molecule has 0 N–H and O–H groups in total.